The van der Waals surface area contributed by atoms with E-state index in [1.807, 2.05) is 11.3 Å². The SMILES string of the molecule is CCCCc1nc(C)c(C(C)NCC)s1. The molecule has 0 saturated carbocycles. The van der Waals surface area contributed by atoms with Gasteiger partial charge in [0.25, 0.3) is 0 Å². The number of unbranched alkanes of at least 4 members (excludes halogenated alkanes) is 1. The molecule has 0 radical (unpaired) electrons. The van der Waals surface area contributed by atoms with Gasteiger partial charge in [-0.05, 0) is 33.2 Å². The molecule has 0 fully saturated rings. The summed E-state index contributed by atoms with van der Waals surface area (Å²) in [6.45, 7) is 9.72. The first-order valence-corrected chi connectivity index (χ1v) is 6.70. The summed E-state index contributed by atoms with van der Waals surface area (Å²) in [6.07, 6.45) is 3.64. The van der Waals surface area contributed by atoms with Crippen molar-refractivity contribution in [3.8, 4) is 0 Å². The number of hydrogen-bond acceptors (Lipinski definition) is 3. The van der Waals surface area contributed by atoms with Crippen LogP contribution < -0.4 is 5.32 Å². The van der Waals surface area contributed by atoms with E-state index in [0.29, 0.717) is 6.04 Å². The average molecular weight is 226 g/mol. The van der Waals surface area contributed by atoms with Gasteiger partial charge in [0.05, 0.1) is 10.7 Å². The van der Waals surface area contributed by atoms with Crippen molar-refractivity contribution >= 4 is 11.3 Å². The molecular formula is C12H22N2S. The van der Waals surface area contributed by atoms with Gasteiger partial charge in [0.2, 0.25) is 0 Å². The number of nitrogens with zero attached hydrogens (tertiary/aromatic N) is 1. The van der Waals surface area contributed by atoms with E-state index < -0.39 is 0 Å². The molecule has 1 aromatic rings. The third-order valence-electron chi connectivity index (χ3n) is 2.52. The van der Waals surface area contributed by atoms with Crippen molar-refractivity contribution in [2.75, 3.05) is 6.54 Å². The molecular weight excluding hydrogens is 204 g/mol. The predicted molar refractivity (Wildman–Crippen MR) is 67.6 cm³/mol. The Morgan fingerprint density at radius 1 is 1.40 bits per heavy atom. The van der Waals surface area contributed by atoms with E-state index in [0.717, 1.165) is 13.0 Å². The van der Waals surface area contributed by atoms with Gasteiger partial charge in [-0.25, -0.2) is 4.98 Å². The molecule has 3 heteroatoms. The molecule has 0 aliphatic heterocycles. The third kappa shape index (κ3) is 3.58. The maximum Gasteiger partial charge on any atom is 0.0931 e. The second-order valence-electron chi connectivity index (χ2n) is 3.94. The topological polar surface area (TPSA) is 24.9 Å². The van der Waals surface area contributed by atoms with Crippen molar-refractivity contribution in [2.45, 2.75) is 53.0 Å². The average Bonchev–Trinajstić information content (AvgIpc) is 2.57. The number of aryl methyl sites for hydroxylation is 2. The van der Waals surface area contributed by atoms with Gasteiger partial charge in [-0.3, -0.25) is 0 Å². The number of rotatable bonds is 6. The van der Waals surface area contributed by atoms with Gasteiger partial charge in [-0.1, -0.05) is 20.3 Å². The highest BCUT2D eigenvalue weighted by molar-refractivity contribution is 7.11. The van der Waals surface area contributed by atoms with Crippen LogP contribution in [-0.2, 0) is 6.42 Å². The molecule has 0 aliphatic rings. The second-order valence-corrected chi connectivity index (χ2v) is 5.06. The van der Waals surface area contributed by atoms with Gasteiger partial charge in [-0.15, -0.1) is 11.3 Å². The van der Waals surface area contributed by atoms with Crippen LogP contribution >= 0.6 is 11.3 Å². The van der Waals surface area contributed by atoms with E-state index in [1.54, 1.807) is 0 Å². The number of nitrogens with one attached hydrogen (secondary N) is 1. The van der Waals surface area contributed by atoms with Crippen LogP contribution in [0.2, 0.25) is 0 Å². The Bertz CT molecular complexity index is 294. The Hall–Kier alpha value is -0.410. The van der Waals surface area contributed by atoms with E-state index in [4.69, 9.17) is 0 Å². The second kappa shape index (κ2) is 6.23. The molecule has 1 aromatic heterocycles. The zero-order valence-electron chi connectivity index (χ0n) is 10.3. The molecule has 0 amide bonds. The third-order valence-corrected chi connectivity index (χ3v) is 3.92. The van der Waals surface area contributed by atoms with Gasteiger partial charge in [0.15, 0.2) is 0 Å². The van der Waals surface area contributed by atoms with Gasteiger partial charge in [0, 0.05) is 10.9 Å². The summed E-state index contributed by atoms with van der Waals surface area (Å²) >= 11 is 1.87. The molecule has 0 aromatic carbocycles. The zero-order chi connectivity index (χ0) is 11.3. The molecule has 15 heavy (non-hydrogen) atoms. The summed E-state index contributed by atoms with van der Waals surface area (Å²) in [5, 5.41) is 4.74. The van der Waals surface area contributed by atoms with Gasteiger partial charge in [-0.2, -0.15) is 0 Å². The Morgan fingerprint density at radius 3 is 2.73 bits per heavy atom. The van der Waals surface area contributed by atoms with E-state index in [-0.39, 0.29) is 0 Å². The highest BCUT2D eigenvalue weighted by Gasteiger charge is 2.12. The van der Waals surface area contributed by atoms with Crippen LogP contribution in [0, 0.1) is 6.92 Å². The number of aromatic nitrogens is 1. The fraction of sp³-hybridized carbons (Fsp3) is 0.750. The lowest BCUT2D eigenvalue weighted by atomic mass is 10.2. The lowest BCUT2D eigenvalue weighted by molar-refractivity contribution is 0.603. The minimum Gasteiger partial charge on any atom is -0.310 e. The Morgan fingerprint density at radius 2 is 2.13 bits per heavy atom. The minimum atomic E-state index is 0.447. The smallest absolute Gasteiger partial charge is 0.0931 e. The first kappa shape index (κ1) is 12.7. The van der Waals surface area contributed by atoms with Crippen molar-refractivity contribution < 1.29 is 0 Å². The summed E-state index contributed by atoms with van der Waals surface area (Å²) in [7, 11) is 0. The molecule has 0 aliphatic carbocycles. The van der Waals surface area contributed by atoms with Gasteiger partial charge < -0.3 is 5.32 Å². The quantitative estimate of drug-likeness (QED) is 0.803. The van der Waals surface area contributed by atoms with E-state index in [2.05, 4.69) is 38.0 Å². The summed E-state index contributed by atoms with van der Waals surface area (Å²) in [4.78, 5) is 6.04. The standard InChI is InChI=1S/C12H22N2S/c1-5-7-8-11-14-10(4)12(15-11)9(3)13-6-2/h9,13H,5-8H2,1-4H3. The molecule has 86 valence electrons. The molecule has 0 saturated heterocycles. The van der Waals surface area contributed by atoms with Crippen molar-refractivity contribution in [3.63, 3.8) is 0 Å². The maximum absolute atomic E-state index is 4.63. The van der Waals surface area contributed by atoms with Crippen molar-refractivity contribution in [3.05, 3.63) is 15.6 Å². The molecule has 0 bridgehead atoms. The summed E-state index contributed by atoms with van der Waals surface area (Å²) in [5.41, 5.74) is 1.21. The van der Waals surface area contributed by atoms with Gasteiger partial charge >= 0.3 is 0 Å². The molecule has 1 unspecified atom stereocenters. The van der Waals surface area contributed by atoms with E-state index >= 15 is 0 Å². The highest BCUT2D eigenvalue weighted by atomic mass is 32.1. The first-order valence-electron chi connectivity index (χ1n) is 5.88. The molecule has 0 spiro atoms. The Balaban J connectivity index is 2.67. The molecule has 1 heterocycles. The van der Waals surface area contributed by atoms with Crippen LogP contribution in [0.3, 0.4) is 0 Å². The summed E-state index contributed by atoms with van der Waals surface area (Å²) in [6, 6.07) is 0.447. The van der Waals surface area contributed by atoms with Crippen LogP contribution in [0.15, 0.2) is 0 Å². The maximum atomic E-state index is 4.63. The first-order chi connectivity index (χ1) is 7.19. The summed E-state index contributed by atoms with van der Waals surface area (Å²) < 4.78 is 0. The van der Waals surface area contributed by atoms with E-state index in [9.17, 15) is 0 Å². The van der Waals surface area contributed by atoms with Crippen LogP contribution in [-0.4, -0.2) is 11.5 Å². The molecule has 1 N–H and O–H groups in total. The fourth-order valence-electron chi connectivity index (χ4n) is 1.70. The summed E-state index contributed by atoms with van der Waals surface area (Å²) in [5.74, 6) is 0. The lowest BCUT2D eigenvalue weighted by Gasteiger charge is -2.09. The molecule has 1 rings (SSSR count). The fourth-order valence-corrected chi connectivity index (χ4v) is 2.84. The van der Waals surface area contributed by atoms with Crippen molar-refractivity contribution in [2.24, 2.45) is 0 Å². The lowest BCUT2D eigenvalue weighted by Crippen LogP contribution is -2.17. The highest BCUT2D eigenvalue weighted by Crippen LogP contribution is 2.25. The molecule has 2 nitrogen and oxygen atoms in total. The minimum absolute atomic E-state index is 0.447. The van der Waals surface area contributed by atoms with Gasteiger partial charge in [0.1, 0.15) is 0 Å². The Labute approximate surface area is 97.1 Å². The monoisotopic (exact) mass is 226 g/mol. The number of hydrogen-bond donors (Lipinski definition) is 1. The normalized spacial score (nSPS) is 13.1. The van der Waals surface area contributed by atoms with Crippen molar-refractivity contribution in [1.82, 2.24) is 10.3 Å². The van der Waals surface area contributed by atoms with Crippen LogP contribution in [0.5, 0.6) is 0 Å². The molecule has 1 atom stereocenters. The number of thiazole rings is 1. The predicted octanol–water partition coefficient (Wildman–Crippen LogP) is 3.46. The van der Waals surface area contributed by atoms with Crippen LogP contribution in [0.4, 0.5) is 0 Å². The van der Waals surface area contributed by atoms with E-state index in [1.165, 1.54) is 28.4 Å². The largest absolute Gasteiger partial charge is 0.310 e. The Kier molecular flexibility index (Phi) is 5.26. The zero-order valence-corrected chi connectivity index (χ0v) is 11.1. The van der Waals surface area contributed by atoms with Crippen molar-refractivity contribution in [1.29, 1.82) is 0 Å². The van der Waals surface area contributed by atoms with Crippen LogP contribution in [0.1, 0.15) is 55.2 Å². The van der Waals surface area contributed by atoms with Crippen LogP contribution in [0.25, 0.3) is 0 Å².